The molecule has 0 saturated carbocycles. The predicted octanol–water partition coefficient (Wildman–Crippen LogP) is 1.32. The van der Waals surface area contributed by atoms with E-state index in [-0.39, 0.29) is 12.7 Å². The highest BCUT2D eigenvalue weighted by Crippen LogP contribution is 2.22. The Morgan fingerprint density at radius 1 is 1.24 bits per heavy atom. The molecule has 1 aromatic rings. The lowest BCUT2D eigenvalue weighted by Gasteiger charge is -2.43. The number of rotatable bonds is 4. The number of aromatic nitrogens is 1. The third kappa shape index (κ3) is 4.41. The topological polar surface area (TPSA) is 69.1 Å². The number of piperidine rings is 1. The molecule has 7 heteroatoms. The summed E-state index contributed by atoms with van der Waals surface area (Å²) in [5, 5.41) is 9.24. The fourth-order valence-corrected chi connectivity index (χ4v) is 3.72. The number of nitrogens with zero attached hydrogens (tertiary/aromatic N) is 4. The molecule has 2 aliphatic heterocycles. The SMILES string of the molecule is CCOC(=O)N1CCC(N2CCN(c3ccnc(CO)c3)CC2)CC1. The van der Waals surface area contributed by atoms with Gasteiger partial charge in [0.1, 0.15) is 0 Å². The summed E-state index contributed by atoms with van der Waals surface area (Å²) in [6, 6.07) is 4.53. The lowest BCUT2D eigenvalue weighted by atomic mass is 10.0. The molecular formula is C18H28N4O3. The van der Waals surface area contributed by atoms with Gasteiger partial charge in [0.05, 0.1) is 18.9 Å². The largest absolute Gasteiger partial charge is 0.450 e. The number of aliphatic hydroxyl groups excluding tert-OH is 1. The van der Waals surface area contributed by atoms with Crippen LogP contribution in [-0.2, 0) is 11.3 Å². The predicted molar refractivity (Wildman–Crippen MR) is 95.6 cm³/mol. The number of amides is 1. The Labute approximate surface area is 149 Å². The van der Waals surface area contributed by atoms with Gasteiger partial charge in [0.15, 0.2) is 0 Å². The molecule has 3 heterocycles. The van der Waals surface area contributed by atoms with Crippen LogP contribution in [0.4, 0.5) is 10.5 Å². The molecule has 0 aromatic carbocycles. The fraction of sp³-hybridized carbons (Fsp3) is 0.667. The van der Waals surface area contributed by atoms with Crippen molar-refractivity contribution in [3.05, 3.63) is 24.0 Å². The summed E-state index contributed by atoms with van der Waals surface area (Å²) in [4.78, 5) is 22.7. The van der Waals surface area contributed by atoms with Gasteiger partial charge in [-0.05, 0) is 31.9 Å². The molecule has 0 aliphatic carbocycles. The van der Waals surface area contributed by atoms with Gasteiger partial charge in [-0.25, -0.2) is 4.79 Å². The number of likely N-dealkylation sites (tertiary alicyclic amines) is 1. The number of hydrogen-bond donors (Lipinski definition) is 1. The second kappa shape index (κ2) is 8.49. The Bertz CT molecular complexity index is 567. The van der Waals surface area contributed by atoms with Crippen molar-refractivity contribution < 1.29 is 14.6 Å². The van der Waals surface area contributed by atoms with Gasteiger partial charge < -0.3 is 19.6 Å². The van der Waals surface area contributed by atoms with Gasteiger partial charge in [-0.15, -0.1) is 0 Å². The Morgan fingerprint density at radius 2 is 1.96 bits per heavy atom. The lowest BCUT2D eigenvalue weighted by Crippen LogP contribution is -2.53. The molecule has 1 amide bonds. The zero-order chi connectivity index (χ0) is 17.6. The van der Waals surface area contributed by atoms with E-state index < -0.39 is 0 Å². The van der Waals surface area contributed by atoms with Gasteiger partial charge in [-0.3, -0.25) is 9.88 Å². The monoisotopic (exact) mass is 348 g/mol. The highest BCUT2D eigenvalue weighted by atomic mass is 16.6. The second-order valence-corrected chi connectivity index (χ2v) is 6.60. The molecule has 2 saturated heterocycles. The number of anilines is 1. The van der Waals surface area contributed by atoms with Crippen LogP contribution in [0.15, 0.2) is 18.3 Å². The van der Waals surface area contributed by atoms with Crippen molar-refractivity contribution in [1.82, 2.24) is 14.8 Å². The molecule has 2 fully saturated rings. The van der Waals surface area contributed by atoms with Crippen molar-refractivity contribution in [3.8, 4) is 0 Å². The van der Waals surface area contributed by atoms with E-state index in [1.807, 2.05) is 24.0 Å². The summed E-state index contributed by atoms with van der Waals surface area (Å²) >= 11 is 0. The molecule has 1 aromatic heterocycles. The normalized spacial score (nSPS) is 19.9. The van der Waals surface area contributed by atoms with E-state index in [2.05, 4.69) is 14.8 Å². The van der Waals surface area contributed by atoms with Gasteiger partial charge in [-0.1, -0.05) is 0 Å². The maximum atomic E-state index is 11.8. The minimum atomic E-state index is -0.178. The van der Waals surface area contributed by atoms with Crippen LogP contribution in [0.25, 0.3) is 0 Å². The van der Waals surface area contributed by atoms with Crippen LogP contribution in [-0.4, -0.2) is 77.9 Å². The third-order valence-electron chi connectivity index (χ3n) is 5.15. The number of piperazine rings is 1. The lowest BCUT2D eigenvalue weighted by molar-refractivity contribution is 0.0729. The summed E-state index contributed by atoms with van der Waals surface area (Å²) in [6.07, 6.45) is 3.62. The molecule has 0 spiro atoms. The average molecular weight is 348 g/mol. The van der Waals surface area contributed by atoms with Gasteiger partial charge in [0.25, 0.3) is 0 Å². The van der Waals surface area contributed by atoms with Crippen LogP contribution in [0.5, 0.6) is 0 Å². The van der Waals surface area contributed by atoms with Crippen LogP contribution in [0.3, 0.4) is 0 Å². The molecule has 0 radical (unpaired) electrons. The maximum absolute atomic E-state index is 11.8. The molecule has 138 valence electrons. The van der Waals surface area contributed by atoms with Crippen LogP contribution in [0.2, 0.25) is 0 Å². The minimum absolute atomic E-state index is 0.0210. The first-order valence-electron chi connectivity index (χ1n) is 9.17. The number of pyridine rings is 1. The average Bonchev–Trinajstić information content (AvgIpc) is 2.68. The van der Waals surface area contributed by atoms with Crippen LogP contribution in [0, 0.1) is 0 Å². The Hall–Kier alpha value is -1.86. The second-order valence-electron chi connectivity index (χ2n) is 6.60. The van der Waals surface area contributed by atoms with E-state index in [1.165, 1.54) is 0 Å². The van der Waals surface area contributed by atoms with Crippen molar-refractivity contribution in [2.24, 2.45) is 0 Å². The zero-order valence-corrected chi connectivity index (χ0v) is 14.9. The van der Waals surface area contributed by atoms with Gasteiger partial charge in [-0.2, -0.15) is 0 Å². The summed E-state index contributed by atoms with van der Waals surface area (Å²) in [7, 11) is 0. The molecule has 0 atom stereocenters. The number of carbonyl (C=O) groups is 1. The third-order valence-corrected chi connectivity index (χ3v) is 5.15. The maximum Gasteiger partial charge on any atom is 0.409 e. The summed E-state index contributed by atoms with van der Waals surface area (Å²) in [5.41, 5.74) is 1.85. The van der Waals surface area contributed by atoms with Crippen LogP contribution < -0.4 is 4.90 Å². The minimum Gasteiger partial charge on any atom is -0.450 e. The van der Waals surface area contributed by atoms with E-state index in [4.69, 9.17) is 4.74 Å². The van der Waals surface area contributed by atoms with E-state index >= 15 is 0 Å². The molecule has 0 bridgehead atoms. The smallest absolute Gasteiger partial charge is 0.409 e. The summed E-state index contributed by atoms with van der Waals surface area (Å²) in [6.45, 7) is 7.85. The Kier molecular flexibility index (Phi) is 6.09. The standard InChI is InChI=1S/C18H28N4O3/c1-2-25-18(24)22-7-4-16(5-8-22)20-9-11-21(12-10-20)17-3-6-19-15(13-17)14-23/h3,6,13,16,23H,2,4-5,7-12,14H2,1H3. The van der Waals surface area contributed by atoms with E-state index in [0.29, 0.717) is 18.3 Å². The van der Waals surface area contributed by atoms with Crippen molar-refractivity contribution >= 4 is 11.8 Å². The van der Waals surface area contributed by atoms with Crippen molar-refractivity contribution in [3.63, 3.8) is 0 Å². The molecule has 0 unspecified atom stereocenters. The summed E-state index contributed by atoms with van der Waals surface area (Å²) in [5.74, 6) is 0. The molecule has 1 N–H and O–H groups in total. The Balaban J connectivity index is 1.47. The molecule has 3 rings (SSSR count). The fourth-order valence-electron chi connectivity index (χ4n) is 3.72. The van der Waals surface area contributed by atoms with E-state index in [9.17, 15) is 9.90 Å². The summed E-state index contributed by atoms with van der Waals surface area (Å²) < 4.78 is 5.09. The molecule has 7 nitrogen and oxygen atoms in total. The highest BCUT2D eigenvalue weighted by molar-refractivity contribution is 5.67. The van der Waals surface area contributed by atoms with E-state index in [0.717, 1.165) is 57.8 Å². The zero-order valence-electron chi connectivity index (χ0n) is 14.9. The van der Waals surface area contributed by atoms with Crippen molar-refractivity contribution in [2.75, 3.05) is 50.8 Å². The van der Waals surface area contributed by atoms with E-state index in [1.54, 1.807) is 6.20 Å². The quantitative estimate of drug-likeness (QED) is 0.885. The number of hydrogen-bond acceptors (Lipinski definition) is 6. The van der Waals surface area contributed by atoms with Gasteiger partial charge in [0.2, 0.25) is 0 Å². The number of aliphatic hydroxyl groups is 1. The first-order chi connectivity index (χ1) is 12.2. The number of ether oxygens (including phenoxy) is 1. The van der Waals surface area contributed by atoms with Crippen molar-refractivity contribution in [2.45, 2.75) is 32.4 Å². The molecule has 25 heavy (non-hydrogen) atoms. The van der Waals surface area contributed by atoms with Gasteiger partial charge >= 0.3 is 6.09 Å². The molecule has 2 aliphatic rings. The highest BCUT2D eigenvalue weighted by Gasteiger charge is 2.29. The van der Waals surface area contributed by atoms with Crippen LogP contribution >= 0.6 is 0 Å². The van der Waals surface area contributed by atoms with Gasteiger partial charge in [0, 0.05) is 57.2 Å². The Morgan fingerprint density at radius 3 is 2.60 bits per heavy atom. The first kappa shape index (κ1) is 17.9. The first-order valence-corrected chi connectivity index (χ1v) is 9.17. The number of carbonyl (C=O) groups excluding carboxylic acids is 1. The van der Waals surface area contributed by atoms with Crippen LogP contribution in [0.1, 0.15) is 25.5 Å². The molecular weight excluding hydrogens is 320 g/mol. The van der Waals surface area contributed by atoms with Crippen molar-refractivity contribution in [1.29, 1.82) is 0 Å².